The molecule has 0 bridgehead atoms. The number of nitro benzene ring substituents is 1. The fourth-order valence-electron chi connectivity index (χ4n) is 2.08. The third-order valence-electron chi connectivity index (χ3n) is 3.31. The number of amides is 2. The first-order chi connectivity index (χ1) is 12.8. The van der Waals surface area contributed by atoms with Gasteiger partial charge in [-0.05, 0) is 25.1 Å². The molecule has 2 rings (SSSR count). The summed E-state index contributed by atoms with van der Waals surface area (Å²) >= 11 is 0. The maximum atomic E-state index is 13.5. The summed E-state index contributed by atoms with van der Waals surface area (Å²) in [6.07, 6.45) is 0. The number of halogens is 1. The van der Waals surface area contributed by atoms with Gasteiger partial charge in [-0.25, -0.2) is 9.18 Å². The van der Waals surface area contributed by atoms with Crippen molar-refractivity contribution in [2.75, 3.05) is 6.61 Å². The van der Waals surface area contributed by atoms with Gasteiger partial charge in [0.25, 0.3) is 17.5 Å². The van der Waals surface area contributed by atoms with E-state index < -0.39 is 34.2 Å². The number of benzene rings is 2. The molecule has 2 amide bonds. The molecule has 9 nitrogen and oxygen atoms in total. The van der Waals surface area contributed by atoms with Crippen LogP contribution in [0.25, 0.3) is 0 Å². The summed E-state index contributed by atoms with van der Waals surface area (Å²) in [6, 6.07) is 8.08. The van der Waals surface area contributed by atoms with E-state index in [1.54, 1.807) is 6.92 Å². The molecule has 0 fully saturated rings. The highest BCUT2D eigenvalue weighted by molar-refractivity contribution is 6.01. The molecule has 2 aromatic carbocycles. The minimum atomic E-state index is -0.936. The van der Waals surface area contributed by atoms with Gasteiger partial charge in [0, 0.05) is 17.7 Å². The zero-order valence-corrected chi connectivity index (χ0v) is 14.0. The summed E-state index contributed by atoms with van der Waals surface area (Å²) in [6.45, 7) is 1.60. The number of esters is 1. The second kappa shape index (κ2) is 8.52. The molecule has 10 heteroatoms. The lowest BCUT2D eigenvalue weighted by Gasteiger charge is -2.09. The lowest BCUT2D eigenvalue weighted by molar-refractivity contribution is -0.384. The number of nitrogens with one attached hydrogen (secondary N) is 2. The molecule has 140 valence electrons. The van der Waals surface area contributed by atoms with Gasteiger partial charge < -0.3 is 4.74 Å². The summed E-state index contributed by atoms with van der Waals surface area (Å²) in [5.74, 6) is -3.48. The van der Waals surface area contributed by atoms with Gasteiger partial charge in [-0.2, -0.15) is 0 Å². The molecule has 2 N–H and O–H groups in total. The minimum absolute atomic E-state index is 0.0434. The summed E-state index contributed by atoms with van der Waals surface area (Å²) in [5.41, 5.74) is 2.73. The molecular weight excluding hydrogens is 361 g/mol. The predicted octanol–water partition coefficient (Wildman–Crippen LogP) is 1.99. The topological polar surface area (TPSA) is 128 Å². The van der Waals surface area contributed by atoms with Gasteiger partial charge in [-0.3, -0.25) is 30.6 Å². The standard InChI is InChI=1S/C17H14FN3O6/c1-2-27-17(24)11-7-10(8-12(9-11)21(25)26)15(22)19-20-16(23)13-5-3-4-6-14(13)18/h3-9H,2H2,1H3,(H,19,22)(H,20,23). The van der Waals surface area contributed by atoms with Crippen molar-refractivity contribution >= 4 is 23.5 Å². The Morgan fingerprint density at radius 2 is 1.70 bits per heavy atom. The quantitative estimate of drug-likeness (QED) is 0.467. The molecule has 0 heterocycles. The smallest absolute Gasteiger partial charge is 0.338 e. The van der Waals surface area contributed by atoms with Gasteiger partial charge in [-0.15, -0.1) is 0 Å². The van der Waals surface area contributed by atoms with Gasteiger partial charge in [0.05, 0.1) is 22.7 Å². The Morgan fingerprint density at radius 1 is 1.07 bits per heavy atom. The van der Waals surface area contributed by atoms with Crippen molar-refractivity contribution in [1.29, 1.82) is 0 Å². The number of carbonyl (C=O) groups excluding carboxylic acids is 3. The fourth-order valence-corrected chi connectivity index (χ4v) is 2.08. The Balaban J connectivity index is 2.20. The molecule has 0 aliphatic rings. The number of hydrazine groups is 1. The van der Waals surface area contributed by atoms with Crippen LogP contribution in [0.2, 0.25) is 0 Å². The molecule has 0 aliphatic heterocycles. The summed E-state index contributed by atoms with van der Waals surface area (Å²) in [5, 5.41) is 11.0. The van der Waals surface area contributed by atoms with E-state index in [4.69, 9.17) is 4.74 Å². The van der Waals surface area contributed by atoms with Crippen LogP contribution in [0.15, 0.2) is 42.5 Å². The number of nitro groups is 1. The highest BCUT2D eigenvalue weighted by Gasteiger charge is 2.19. The molecule has 0 saturated heterocycles. The van der Waals surface area contributed by atoms with E-state index >= 15 is 0 Å². The third kappa shape index (κ3) is 4.84. The van der Waals surface area contributed by atoms with E-state index in [0.717, 1.165) is 24.3 Å². The van der Waals surface area contributed by atoms with Crippen molar-refractivity contribution in [1.82, 2.24) is 10.9 Å². The Hall–Kier alpha value is -3.82. The van der Waals surface area contributed by atoms with E-state index in [1.165, 1.54) is 18.2 Å². The van der Waals surface area contributed by atoms with Gasteiger partial charge in [0.2, 0.25) is 0 Å². The van der Waals surface area contributed by atoms with Crippen LogP contribution in [-0.4, -0.2) is 29.3 Å². The zero-order valence-electron chi connectivity index (χ0n) is 14.0. The first-order valence-electron chi connectivity index (χ1n) is 7.65. The van der Waals surface area contributed by atoms with E-state index in [9.17, 15) is 28.9 Å². The molecule has 0 aliphatic carbocycles. The van der Waals surface area contributed by atoms with Crippen molar-refractivity contribution in [3.8, 4) is 0 Å². The summed E-state index contributed by atoms with van der Waals surface area (Å²) in [4.78, 5) is 46.1. The third-order valence-corrected chi connectivity index (χ3v) is 3.31. The second-order valence-corrected chi connectivity index (χ2v) is 5.13. The van der Waals surface area contributed by atoms with Gasteiger partial charge in [0.15, 0.2) is 0 Å². The second-order valence-electron chi connectivity index (χ2n) is 5.13. The normalized spacial score (nSPS) is 10.0. The number of hydrogen-bond donors (Lipinski definition) is 2. The van der Waals surface area contributed by atoms with Crippen LogP contribution in [-0.2, 0) is 4.74 Å². The monoisotopic (exact) mass is 375 g/mol. The Kier molecular flexibility index (Phi) is 6.15. The van der Waals surface area contributed by atoms with Crippen LogP contribution in [0.5, 0.6) is 0 Å². The van der Waals surface area contributed by atoms with E-state index in [0.29, 0.717) is 0 Å². The van der Waals surface area contributed by atoms with Crippen molar-refractivity contribution in [3.05, 3.63) is 75.1 Å². The SMILES string of the molecule is CCOC(=O)c1cc(C(=O)NNC(=O)c2ccccc2F)cc([N+](=O)[O-])c1. The maximum absolute atomic E-state index is 13.5. The van der Waals surface area contributed by atoms with Gasteiger partial charge in [-0.1, -0.05) is 12.1 Å². The molecular formula is C17H14FN3O6. The summed E-state index contributed by atoms with van der Waals surface area (Å²) in [7, 11) is 0. The highest BCUT2D eigenvalue weighted by atomic mass is 19.1. The van der Waals surface area contributed by atoms with Crippen molar-refractivity contribution in [2.45, 2.75) is 6.92 Å². The van der Waals surface area contributed by atoms with E-state index in [-0.39, 0.29) is 23.3 Å². The van der Waals surface area contributed by atoms with Crippen LogP contribution in [0.4, 0.5) is 10.1 Å². The Bertz CT molecular complexity index is 915. The maximum Gasteiger partial charge on any atom is 0.338 e. The number of hydrogen-bond acceptors (Lipinski definition) is 6. The number of carbonyl (C=O) groups is 3. The Morgan fingerprint density at radius 3 is 2.33 bits per heavy atom. The Labute approximate surface area is 152 Å². The molecule has 0 spiro atoms. The van der Waals surface area contributed by atoms with Gasteiger partial charge >= 0.3 is 5.97 Å². The molecule has 27 heavy (non-hydrogen) atoms. The van der Waals surface area contributed by atoms with Crippen LogP contribution in [0.1, 0.15) is 38.0 Å². The largest absolute Gasteiger partial charge is 0.462 e. The van der Waals surface area contributed by atoms with Gasteiger partial charge in [0.1, 0.15) is 5.82 Å². The van der Waals surface area contributed by atoms with E-state index in [2.05, 4.69) is 0 Å². The molecule has 0 atom stereocenters. The minimum Gasteiger partial charge on any atom is -0.462 e. The van der Waals surface area contributed by atoms with Crippen LogP contribution >= 0.6 is 0 Å². The van der Waals surface area contributed by atoms with Crippen LogP contribution < -0.4 is 10.9 Å². The molecule has 0 aromatic heterocycles. The number of non-ortho nitro benzene ring substituents is 1. The van der Waals surface area contributed by atoms with E-state index in [1.807, 2.05) is 10.9 Å². The number of ether oxygens (including phenoxy) is 1. The van der Waals surface area contributed by atoms with Crippen molar-refractivity contribution in [2.24, 2.45) is 0 Å². The molecule has 2 aromatic rings. The average Bonchev–Trinajstić information content (AvgIpc) is 2.66. The summed E-state index contributed by atoms with van der Waals surface area (Å²) < 4.78 is 18.3. The predicted molar refractivity (Wildman–Crippen MR) is 90.4 cm³/mol. The molecule has 0 unspecified atom stereocenters. The average molecular weight is 375 g/mol. The highest BCUT2D eigenvalue weighted by Crippen LogP contribution is 2.18. The molecule has 0 saturated carbocycles. The lowest BCUT2D eigenvalue weighted by Crippen LogP contribution is -2.42. The fraction of sp³-hybridized carbons (Fsp3) is 0.118. The lowest BCUT2D eigenvalue weighted by atomic mass is 10.1. The molecule has 0 radical (unpaired) electrons. The number of rotatable bonds is 5. The van der Waals surface area contributed by atoms with Crippen molar-refractivity contribution in [3.63, 3.8) is 0 Å². The van der Waals surface area contributed by atoms with Crippen LogP contribution in [0.3, 0.4) is 0 Å². The zero-order chi connectivity index (χ0) is 20.0. The van der Waals surface area contributed by atoms with Crippen molar-refractivity contribution < 1.29 is 28.4 Å². The van der Waals surface area contributed by atoms with Crippen LogP contribution in [0, 0.1) is 15.9 Å². The number of nitrogens with zero attached hydrogens (tertiary/aromatic N) is 1. The first-order valence-corrected chi connectivity index (χ1v) is 7.65. The first kappa shape index (κ1) is 19.5.